The third-order valence-electron chi connectivity index (χ3n) is 4.79. The first-order chi connectivity index (χ1) is 15.0. The highest BCUT2D eigenvalue weighted by atomic mass is 32.1. The van der Waals surface area contributed by atoms with Gasteiger partial charge < -0.3 is 10.6 Å². The normalized spacial score (nSPS) is 10.9. The van der Waals surface area contributed by atoms with E-state index >= 15 is 0 Å². The summed E-state index contributed by atoms with van der Waals surface area (Å²) in [7, 11) is 0. The van der Waals surface area contributed by atoms with Crippen molar-refractivity contribution in [3.63, 3.8) is 0 Å². The van der Waals surface area contributed by atoms with E-state index in [4.69, 9.17) is 0 Å². The van der Waals surface area contributed by atoms with Crippen LogP contribution >= 0.6 is 11.3 Å². The quantitative estimate of drug-likeness (QED) is 0.484. The third-order valence-corrected chi connectivity index (χ3v) is 5.55. The lowest BCUT2D eigenvalue weighted by molar-refractivity contribution is -0.117. The third kappa shape index (κ3) is 4.26. The average molecular weight is 436 g/mol. The Kier molecular flexibility index (Phi) is 5.68. The summed E-state index contributed by atoms with van der Waals surface area (Å²) in [5.41, 5.74) is 3.61. The minimum atomic E-state index is -0.317. The van der Waals surface area contributed by atoms with Gasteiger partial charge >= 0.3 is 5.69 Å². The number of hydrogen-bond donors (Lipinski definition) is 2. The van der Waals surface area contributed by atoms with Crippen LogP contribution in [-0.4, -0.2) is 25.9 Å². The van der Waals surface area contributed by atoms with Crippen molar-refractivity contribution in [2.45, 2.75) is 26.9 Å². The van der Waals surface area contributed by atoms with Crippen molar-refractivity contribution in [1.29, 1.82) is 0 Å². The van der Waals surface area contributed by atoms with Gasteiger partial charge in [-0.05, 0) is 31.2 Å². The maximum Gasteiger partial charge on any atom is 0.329 e. The van der Waals surface area contributed by atoms with Crippen LogP contribution in [0.5, 0.6) is 0 Å². The molecule has 0 fully saturated rings. The van der Waals surface area contributed by atoms with Gasteiger partial charge in [-0.1, -0.05) is 24.3 Å². The number of benzene rings is 2. The monoisotopic (exact) mass is 435 g/mol. The second kappa shape index (κ2) is 8.57. The number of nitrogens with one attached hydrogen (secondary N) is 2. The van der Waals surface area contributed by atoms with Gasteiger partial charge in [0, 0.05) is 30.1 Å². The Morgan fingerprint density at radius 2 is 1.68 bits per heavy atom. The summed E-state index contributed by atoms with van der Waals surface area (Å²) in [6.07, 6.45) is 0. The Morgan fingerprint density at radius 1 is 1.00 bits per heavy atom. The van der Waals surface area contributed by atoms with Gasteiger partial charge in [-0.25, -0.2) is 9.78 Å². The first kappa shape index (κ1) is 20.5. The number of carbonyl (C=O) groups is 2. The minimum absolute atomic E-state index is 0.0906. The van der Waals surface area contributed by atoms with E-state index in [1.807, 2.05) is 48.7 Å². The zero-order valence-corrected chi connectivity index (χ0v) is 17.9. The van der Waals surface area contributed by atoms with E-state index in [2.05, 4.69) is 15.6 Å². The summed E-state index contributed by atoms with van der Waals surface area (Å²) >= 11 is 1.31. The molecule has 31 heavy (non-hydrogen) atoms. The van der Waals surface area contributed by atoms with Crippen LogP contribution in [0.4, 0.5) is 10.8 Å². The lowest BCUT2D eigenvalue weighted by Gasteiger charge is -2.04. The molecule has 0 aliphatic carbocycles. The topological polar surface area (TPSA) is 98.0 Å². The number of aryl methyl sites for hydroxylation is 1. The molecule has 0 radical (unpaired) electrons. The van der Waals surface area contributed by atoms with Gasteiger partial charge in [0.15, 0.2) is 5.13 Å². The van der Waals surface area contributed by atoms with Crippen molar-refractivity contribution >= 4 is 45.0 Å². The zero-order valence-electron chi connectivity index (χ0n) is 17.1. The smallest absolute Gasteiger partial charge is 0.326 e. The Morgan fingerprint density at radius 3 is 2.32 bits per heavy atom. The molecule has 0 saturated carbocycles. The summed E-state index contributed by atoms with van der Waals surface area (Å²) in [5, 5.41) is 7.80. The maximum atomic E-state index is 12.7. The highest BCUT2D eigenvalue weighted by Gasteiger charge is 2.15. The molecular formula is C22H21N5O3S. The number of carbonyl (C=O) groups excluding carboxylic acids is 2. The van der Waals surface area contributed by atoms with Crippen LogP contribution in [0, 0.1) is 0 Å². The minimum Gasteiger partial charge on any atom is -0.326 e. The van der Waals surface area contributed by atoms with Crippen LogP contribution in [-0.2, 0) is 22.7 Å². The molecule has 2 heterocycles. The van der Waals surface area contributed by atoms with Gasteiger partial charge in [-0.2, -0.15) is 0 Å². The molecule has 0 bridgehead atoms. The summed E-state index contributed by atoms with van der Waals surface area (Å²) in [5.74, 6) is -0.449. The molecule has 0 aliphatic rings. The molecule has 0 spiro atoms. The lowest BCUT2D eigenvalue weighted by Crippen LogP contribution is -2.29. The number of fused-ring (bicyclic) bond motifs is 1. The average Bonchev–Trinajstić information content (AvgIpc) is 3.31. The maximum absolute atomic E-state index is 12.7. The number of para-hydroxylation sites is 2. The SMILES string of the molecule is CCn1c(=O)n(CC(=O)Nc2nc(-c3ccc(NC(C)=O)cc3)cs2)c2ccccc21. The number of nitrogens with zero attached hydrogens (tertiary/aromatic N) is 3. The van der Waals surface area contributed by atoms with Gasteiger partial charge in [0.05, 0.1) is 16.7 Å². The van der Waals surface area contributed by atoms with E-state index in [9.17, 15) is 14.4 Å². The summed E-state index contributed by atoms with van der Waals surface area (Å²) < 4.78 is 3.12. The standard InChI is InChI=1S/C22H21N5O3S/c1-3-26-18-6-4-5-7-19(18)27(22(26)30)12-20(29)25-21-24-17(13-31-21)15-8-10-16(11-9-15)23-14(2)28/h4-11,13H,3,12H2,1-2H3,(H,23,28)(H,24,25,29). The molecular weight excluding hydrogens is 414 g/mol. The van der Waals surface area contributed by atoms with Crippen LogP contribution in [0.2, 0.25) is 0 Å². The molecule has 4 aromatic rings. The number of aromatic nitrogens is 3. The highest BCUT2D eigenvalue weighted by Crippen LogP contribution is 2.26. The zero-order chi connectivity index (χ0) is 22.0. The second-order valence-electron chi connectivity index (χ2n) is 6.95. The van der Waals surface area contributed by atoms with E-state index in [0.717, 1.165) is 22.3 Å². The molecule has 2 N–H and O–H groups in total. The van der Waals surface area contributed by atoms with Crippen LogP contribution in [0.1, 0.15) is 13.8 Å². The molecule has 4 rings (SSSR count). The number of anilines is 2. The van der Waals surface area contributed by atoms with Gasteiger partial charge in [-0.15, -0.1) is 11.3 Å². The van der Waals surface area contributed by atoms with Crippen molar-refractivity contribution in [2.24, 2.45) is 0 Å². The molecule has 2 aromatic heterocycles. The van der Waals surface area contributed by atoms with Crippen LogP contribution in [0.25, 0.3) is 22.3 Å². The molecule has 2 amide bonds. The first-order valence-corrected chi connectivity index (χ1v) is 10.7. The predicted octanol–water partition coefficient (Wildman–Crippen LogP) is 3.54. The predicted molar refractivity (Wildman–Crippen MR) is 122 cm³/mol. The Bertz CT molecular complexity index is 1320. The number of rotatable bonds is 6. The van der Waals surface area contributed by atoms with Crippen molar-refractivity contribution in [3.8, 4) is 11.3 Å². The van der Waals surface area contributed by atoms with Gasteiger partial charge in [0.25, 0.3) is 0 Å². The van der Waals surface area contributed by atoms with E-state index in [0.29, 0.717) is 17.4 Å². The second-order valence-corrected chi connectivity index (χ2v) is 7.80. The molecule has 9 heteroatoms. The lowest BCUT2D eigenvalue weighted by atomic mass is 10.1. The summed E-state index contributed by atoms with van der Waals surface area (Å²) in [6.45, 7) is 3.80. The van der Waals surface area contributed by atoms with Gasteiger partial charge in [0.1, 0.15) is 6.54 Å². The number of amides is 2. The van der Waals surface area contributed by atoms with Crippen molar-refractivity contribution in [3.05, 3.63) is 64.4 Å². The Balaban J connectivity index is 1.49. The van der Waals surface area contributed by atoms with Gasteiger partial charge in [0.2, 0.25) is 11.8 Å². The summed E-state index contributed by atoms with van der Waals surface area (Å²) in [4.78, 5) is 40.9. The van der Waals surface area contributed by atoms with E-state index in [-0.39, 0.29) is 24.0 Å². The summed E-state index contributed by atoms with van der Waals surface area (Å²) in [6, 6.07) is 14.7. The van der Waals surface area contributed by atoms with Crippen LogP contribution < -0.4 is 16.3 Å². The van der Waals surface area contributed by atoms with E-state index in [1.165, 1.54) is 22.8 Å². The fraction of sp³-hybridized carbons (Fsp3) is 0.182. The van der Waals surface area contributed by atoms with Crippen LogP contribution in [0.3, 0.4) is 0 Å². The fourth-order valence-corrected chi connectivity index (χ4v) is 4.16. The van der Waals surface area contributed by atoms with Crippen molar-refractivity contribution < 1.29 is 9.59 Å². The van der Waals surface area contributed by atoms with Crippen molar-refractivity contribution in [1.82, 2.24) is 14.1 Å². The molecule has 8 nitrogen and oxygen atoms in total. The molecule has 0 unspecified atom stereocenters. The first-order valence-electron chi connectivity index (χ1n) is 9.77. The van der Waals surface area contributed by atoms with Gasteiger partial charge in [-0.3, -0.25) is 18.7 Å². The molecule has 158 valence electrons. The Labute approximate surface area is 182 Å². The molecule has 2 aromatic carbocycles. The molecule has 0 aliphatic heterocycles. The molecule has 0 atom stereocenters. The van der Waals surface area contributed by atoms with Crippen LogP contribution in [0.15, 0.2) is 58.7 Å². The van der Waals surface area contributed by atoms with E-state index in [1.54, 1.807) is 16.7 Å². The van der Waals surface area contributed by atoms with E-state index < -0.39 is 0 Å². The fourth-order valence-electron chi connectivity index (χ4n) is 3.42. The number of imidazole rings is 1. The number of thiazole rings is 1. The largest absolute Gasteiger partial charge is 0.329 e. The molecule has 0 saturated heterocycles. The van der Waals surface area contributed by atoms with Crippen molar-refractivity contribution in [2.75, 3.05) is 10.6 Å². The Hall–Kier alpha value is -3.72. The highest BCUT2D eigenvalue weighted by molar-refractivity contribution is 7.14. The number of hydrogen-bond acceptors (Lipinski definition) is 5.